The Morgan fingerprint density at radius 1 is 1.19 bits per heavy atom. The van der Waals surface area contributed by atoms with Gasteiger partial charge in [-0.3, -0.25) is 4.99 Å². The van der Waals surface area contributed by atoms with Crippen LogP contribution in [0.25, 0.3) is 0 Å². The van der Waals surface area contributed by atoms with E-state index < -0.39 is 10.0 Å². The van der Waals surface area contributed by atoms with Gasteiger partial charge in [-0.2, -0.15) is 0 Å². The number of aromatic nitrogens is 1. The molecule has 0 unspecified atom stereocenters. The lowest BCUT2D eigenvalue weighted by Crippen LogP contribution is -2.39. The van der Waals surface area contributed by atoms with Crippen molar-refractivity contribution in [1.82, 2.24) is 19.9 Å². The van der Waals surface area contributed by atoms with Crippen LogP contribution in [0.4, 0.5) is 0 Å². The van der Waals surface area contributed by atoms with Gasteiger partial charge in [0.15, 0.2) is 5.96 Å². The number of halogens is 1. The highest BCUT2D eigenvalue weighted by atomic mass is 127. The first-order chi connectivity index (χ1) is 12.4. The molecule has 0 aliphatic rings. The summed E-state index contributed by atoms with van der Waals surface area (Å²) in [6.07, 6.45) is 4.02. The summed E-state index contributed by atoms with van der Waals surface area (Å²) in [4.78, 5) is 6.57. The van der Waals surface area contributed by atoms with Crippen molar-refractivity contribution in [2.24, 2.45) is 4.99 Å². The van der Waals surface area contributed by atoms with Gasteiger partial charge in [0.25, 0.3) is 0 Å². The minimum Gasteiger partial charge on any atom is -0.357 e. The quantitative estimate of drug-likeness (QED) is 0.203. The maximum Gasteiger partial charge on any atom is 0.241 e. The standard InChI is InChI=1S/C17H27N5O2S2.HI/c1-4-18-17(20-9-12-22-10-5-6-11-22)19-7-8-21-26(23,24)16-13-14(2)25-15(16)3;/h5-6,10-11,13,21H,4,7-9,12H2,1-3H3,(H2,18,19,20);1H. The Balaban J connectivity index is 0.00000364. The number of rotatable bonds is 9. The molecule has 7 nitrogen and oxygen atoms in total. The normalized spacial score (nSPS) is 11.9. The van der Waals surface area contributed by atoms with Gasteiger partial charge in [-0.15, -0.1) is 35.3 Å². The number of hydrogen-bond donors (Lipinski definition) is 3. The number of guanidine groups is 1. The molecule has 0 fully saturated rings. The van der Waals surface area contributed by atoms with Gasteiger partial charge in [0, 0.05) is 48.3 Å². The van der Waals surface area contributed by atoms with Gasteiger partial charge >= 0.3 is 0 Å². The first-order valence-electron chi connectivity index (χ1n) is 8.62. The number of hydrogen-bond acceptors (Lipinski definition) is 4. The molecule has 0 atom stereocenters. The number of sulfonamides is 1. The summed E-state index contributed by atoms with van der Waals surface area (Å²) in [7, 11) is -3.48. The highest BCUT2D eigenvalue weighted by Gasteiger charge is 2.18. The van der Waals surface area contributed by atoms with E-state index in [1.165, 1.54) is 11.3 Å². The largest absolute Gasteiger partial charge is 0.357 e. The summed E-state index contributed by atoms with van der Waals surface area (Å²) in [5.74, 6) is 0.682. The molecule has 0 radical (unpaired) electrons. The van der Waals surface area contributed by atoms with Gasteiger partial charge in [0.05, 0.1) is 11.4 Å². The van der Waals surface area contributed by atoms with Gasteiger partial charge in [-0.25, -0.2) is 13.1 Å². The molecular formula is C17H28IN5O2S2. The summed E-state index contributed by atoms with van der Waals surface area (Å²) >= 11 is 1.49. The molecule has 10 heteroatoms. The molecule has 2 heterocycles. The maximum absolute atomic E-state index is 12.4. The fourth-order valence-electron chi connectivity index (χ4n) is 2.46. The molecule has 2 aromatic rings. The minimum absolute atomic E-state index is 0. The predicted molar refractivity (Wildman–Crippen MR) is 123 cm³/mol. The molecule has 0 aliphatic carbocycles. The van der Waals surface area contributed by atoms with Crippen LogP contribution in [0.15, 0.2) is 40.5 Å². The Morgan fingerprint density at radius 3 is 2.48 bits per heavy atom. The van der Waals surface area contributed by atoms with Crippen LogP contribution in [0.1, 0.15) is 16.7 Å². The Labute approximate surface area is 182 Å². The molecule has 2 rings (SSSR count). The zero-order valence-electron chi connectivity index (χ0n) is 15.9. The summed E-state index contributed by atoms with van der Waals surface area (Å²) < 4.78 is 29.4. The third-order valence-corrected chi connectivity index (χ3v) is 6.31. The van der Waals surface area contributed by atoms with E-state index >= 15 is 0 Å². The highest BCUT2D eigenvalue weighted by Crippen LogP contribution is 2.24. The number of aryl methyl sites for hydroxylation is 2. The third kappa shape index (κ3) is 7.80. The van der Waals surface area contributed by atoms with Crippen molar-refractivity contribution in [3.05, 3.63) is 40.3 Å². The van der Waals surface area contributed by atoms with Crippen LogP contribution in [0.2, 0.25) is 0 Å². The van der Waals surface area contributed by atoms with Crippen LogP contribution in [0.5, 0.6) is 0 Å². The first-order valence-corrected chi connectivity index (χ1v) is 10.9. The zero-order chi connectivity index (χ0) is 19.0. The summed E-state index contributed by atoms with van der Waals surface area (Å²) in [5, 5.41) is 6.40. The molecule has 0 saturated heterocycles. The van der Waals surface area contributed by atoms with E-state index in [0.29, 0.717) is 17.4 Å². The van der Waals surface area contributed by atoms with E-state index in [9.17, 15) is 8.42 Å². The highest BCUT2D eigenvalue weighted by molar-refractivity contribution is 14.0. The van der Waals surface area contributed by atoms with Gasteiger partial charge in [-0.1, -0.05) is 0 Å². The van der Waals surface area contributed by atoms with Crippen LogP contribution >= 0.6 is 35.3 Å². The molecule has 0 amide bonds. The molecule has 0 aliphatic heterocycles. The Kier molecular flexibility index (Phi) is 10.3. The fourth-order valence-corrected chi connectivity index (χ4v) is 5.04. The smallest absolute Gasteiger partial charge is 0.241 e. The van der Waals surface area contributed by atoms with Crippen LogP contribution in [-0.2, 0) is 16.6 Å². The average Bonchev–Trinajstić information content (AvgIpc) is 3.21. The number of nitrogens with one attached hydrogen (secondary N) is 3. The molecule has 152 valence electrons. The summed E-state index contributed by atoms with van der Waals surface area (Å²) in [6, 6.07) is 5.68. The molecule has 2 aromatic heterocycles. The van der Waals surface area contributed by atoms with Crippen LogP contribution < -0.4 is 15.4 Å². The Hall–Kier alpha value is -1.11. The van der Waals surface area contributed by atoms with E-state index in [-0.39, 0.29) is 30.5 Å². The maximum atomic E-state index is 12.4. The average molecular weight is 525 g/mol. The van der Waals surface area contributed by atoms with Crippen LogP contribution in [0.3, 0.4) is 0 Å². The van der Waals surface area contributed by atoms with E-state index in [1.807, 2.05) is 45.3 Å². The number of aliphatic imine (C=N–C) groups is 1. The molecule has 0 saturated carbocycles. The Morgan fingerprint density at radius 2 is 1.89 bits per heavy atom. The second kappa shape index (κ2) is 11.7. The third-order valence-electron chi connectivity index (χ3n) is 3.63. The van der Waals surface area contributed by atoms with Crippen LogP contribution in [-0.4, -0.2) is 45.1 Å². The second-order valence-electron chi connectivity index (χ2n) is 5.78. The van der Waals surface area contributed by atoms with Gasteiger partial charge < -0.3 is 15.2 Å². The number of thiophene rings is 1. The molecule has 3 N–H and O–H groups in total. The molecule has 0 bridgehead atoms. The van der Waals surface area contributed by atoms with Crippen LogP contribution in [0, 0.1) is 13.8 Å². The van der Waals surface area contributed by atoms with Gasteiger partial charge in [-0.05, 0) is 39.0 Å². The van der Waals surface area contributed by atoms with E-state index in [4.69, 9.17) is 0 Å². The molecule has 27 heavy (non-hydrogen) atoms. The van der Waals surface area contributed by atoms with Crippen molar-refractivity contribution in [1.29, 1.82) is 0 Å². The fraction of sp³-hybridized carbons (Fsp3) is 0.471. The topological polar surface area (TPSA) is 87.5 Å². The SMILES string of the molecule is CCNC(=NCCNS(=O)(=O)c1cc(C)sc1C)NCCn1cccc1.I. The van der Waals surface area contributed by atoms with E-state index in [1.54, 1.807) is 6.07 Å². The zero-order valence-corrected chi connectivity index (χ0v) is 19.8. The van der Waals surface area contributed by atoms with Gasteiger partial charge in [0.1, 0.15) is 0 Å². The summed E-state index contributed by atoms with van der Waals surface area (Å²) in [6.45, 7) is 8.65. The van der Waals surface area contributed by atoms with E-state index in [2.05, 4.69) is 24.9 Å². The van der Waals surface area contributed by atoms with E-state index in [0.717, 1.165) is 29.4 Å². The lowest BCUT2D eigenvalue weighted by atomic mass is 10.4. The monoisotopic (exact) mass is 525 g/mol. The van der Waals surface area contributed by atoms with Crippen molar-refractivity contribution in [3.63, 3.8) is 0 Å². The predicted octanol–water partition coefficient (Wildman–Crippen LogP) is 2.32. The second-order valence-corrected chi connectivity index (χ2v) is 8.98. The van der Waals surface area contributed by atoms with Crippen molar-refractivity contribution in [2.45, 2.75) is 32.2 Å². The number of nitrogens with zero attached hydrogens (tertiary/aromatic N) is 2. The van der Waals surface area contributed by atoms with Gasteiger partial charge in [0.2, 0.25) is 10.0 Å². The van der Waals surface area contributed by atoms with Crippen molar-refractivity contribution >= 4 is 51.3 Å². The lowest BCUT2D eigenvalue weighted by molar-refractivity contribution is 0.582. The molecule has 0 spiro atoms. The van der Waals surface area contributed by atoms with Crippen molar-refractivity contribution < 1.29 is 8.42 Å². The molecular weight excluding hydrogens is 497 g/mol. The van der Waals surface area contributed by atoms with Crippen molar-refractivity contribution in [2.75, 3.05) is 26.2 Å². The van der Waals surface area contributed by atoms with Crippen molar-refractivity contribution in [3.8, 4) is 0 Å². The molecule has 0 aromatic carbocycles. The minimum atomic E-state index is -3.48. The Bertz CT molecular complexity index is 817. The first kappa shape index (κ1) is 23.9. The summed E-state index contributed by atoms with van der Waals surface area (Å²) in [5.41, 5.74) is 0. The lowest BCUT2D eigenvalue weighted by Gasteiger charge is -2.12.